The molecule has 0 aliphatic heterocycles. The van der Waals surface area contributed by atoms with Crippen LogP contribution in [0.15, 0.2) is 48.5 Å². The van der Waals surface area contributed by atoms with E-state index in [1.165, 1.54) is 0 Å². The highest BCUT2D eigenvalue weighted by molar-refractivity contribution is 6.17. The number of nitrogens with zero attached hydrogens (tertiary/aromatic N) is 1. The highest BCUT2D eigenvalue weighted by Crippen LogP contribution is 2.21. The third-order valence-electron chi connectivity index (χ3n) is 3.90. The maximum atomic E-state index is 12.6. The summed E-state index contributed by atoms with van der Waals surface area (Å²) in [4.78, 5) is 14.3. The van der Waals surface area contributed by atoms with Gasteiger partial charge in [-0.2, -0.15) is 0 Å². The van der Waals surface area contributed by atoms with Crippen LogP contribution in [-0.2, 0) is 17.1 Å². The fourth-order valence-corrected chi connectivity index (χ4v) is 2.71. The van der Waals surface area contributed by atoms with E-state index in [-0.39, 0.29) is 11.8 Å². The first-order chi connectivity index (χ1) is 11.0. The van der Waals surface area contributed by atoms with Gasteiger partial charge in [-0.05, 0) is 41.8 Å². The van der Waals surface area contributed by atoms with E-state index < -0.39 is 0 Å². The second kappa shape index (κ2) is 8.02. The van der Waals surface area contributed by atoms with E-state index in [2.05, 4.69) is 6.07 Å². The van der Waals surface area contributed by atoms with Gasteiger partial charge in [0.1, 0.15) is 5.75 Å². The number of ether oxygens (including phenoxy) is 1. The predicted octanol–water partition coefficient (Wildman–Crippen LogP) is 4.28. The minimum atomic E-state index is -0.104. The van der Waals surface area contributed by atoms with Gasteiger partial charge in [-0.15, -0.1) is 11.6 Å². The summed E-state index contributed by atoms with van der Waals surface area (Å²) in [6.07, 6.45) is 0.698. The molecule has 0 radical (unpaired) electrons. The number of amides is 1. The van der Waals surface area contributed by atoms with Gasteiger partial charge in [0.25, 0.3) is 0 Å². The third-order valence-corrected chi connectivity index (χ3v) is 4.21. The topological polar surface area (TPSA) is 29.5 Å². The molecule has 2 aromatic carbocycles. The van der Waals surface area contributed by atoms with Crippen LogP contribution in [0.5, 0.6) is 5.75 Å². The molecule has 0 N–H and O–H groups in total. The molecule has 0 bridgehead atoms. The van der Waals surface area contributed by atoms with E-state index >= 15 is 0 Å². The van der Waals surface area contributed by atoms with Crippen molar-refractivity contribution in [1.29, 1.82) is 0 Å². The van der Waals surface area contributed by atoms with Crippen LogP contribution in [0.3, 0.4) is 0 Å². The SMILES string of the molecule is COc1ccc(N(C)C(=O)[C@@H](C)Cc2cccc(CCl)c2)cc1. The largest absolute Gasteiger partial charge is 0.497 e. The molecule has 23 heavy (non-hydrogen) atoms. The van der Waals surface area contributed by atoms with Crippen molar-refractivity contribution in [3.63, 3.8) is 0 Å². The Labute approximate surface area is 142 Å². The Hall–Kier alpha value is -2.00. The predicted molar refractivity (Wildman–Crippen MR) is 95.3 cm³/mol. The van der Waals surface area contributed by atoms with Crippen LogP contribution in [0.2, 0.25) is 0 Å². The van der Waals surface area contributed by atoms with Gasteiger partial charge < -0.3 is 9.64 Å². The van der Waals surface area contributed by atoms with Crippen molar-refractivity contribution in [3.8, 4) is 5.75 Å². The van der Waals surface area contributed by atoms with Crippen LogP contribution < -0.4 is 9.64 Å². The van der Waals surface area contributed by atoms with Crippen molar-refractivity contribution >= 4 is 23.2 Å². The highest BCUT2D eigenvalue weighted by Gasteiger charge is 2.19. The molecule has 0 aliphatic carbocycles. The van der Waals surface area contributed by atoms with E-state index in [4.69, 9.17) is 16.3 Å². The van der Waals surface area contributed by atoms with Crippen molar-refractivity contribution in [2.24, 2.45) is 5.92 Å². The third kappa shape index (κ3) is 4.49. The van der Waals surface area contributed by atoms with Crippen molar-refractivity contribution in [2.75, 3.05) is 19.1 Å². The number of methoxy groups -OCH3 is 1. The molecule has 1 amide bonds. The Morgan fingerprint density at radius 1 is 1.17 bits per heavy atom. The molecule has 0 aliphatic rings. The molecule has 3 nitrogen and oxygen atoms in total. The lowest BCUT2D eigenvalue weighted by Crippen LogP contribution is -2.32. The molecule has 0 saturated heterocycles. The van der Waals surface area contributed by atoms with Gasteiger partial charge in [-0.25, -0.2) is 0 Å². The average molecular weight is 332 g/mol. The van der Waals surface area contributed by atoms with Crippen LogP contribution in [0.1, 0.15) is 18.1 Å². The van der Waals surface area contributed by atoms with E-state index in [0.717, 1.165) is 22.6 Å². The molecule has 1 atom stereocenters. The zero-order valence-corrected chi connectivity index (χ0v) is 14.5. The Bertz CT molecular complexity index is 655. The standard InChI is InChI=1S/C19H22ClNO2/c1-14(11-15-5-4-6-16(12-15)13-20)19(22)21(2)17-7-9-18(23-3)10-8-17/h4-10,12,14H,11,13H2,1-3H3/t14-/m0/s1. The fraction of sp³-hybridized carbons (Fsp3) is 0.316. The summed E-state index contributed by atoms with van der Waals surface area (Å²) < 4.78 is 5.14. The van der Waals surface area contributed by atoms with Gasteiger partial charge in [-0.3, -0.25) is 4.79 Å². The molecule has 2 rings (SSSR count). The molecule has 122 valence electrons. The Kier molecular flexibility index (Phi) is 6.05. The second-order valence-corrected chi connectivity index (χ2v) is 5.92. The second-order valence-electron chi connectivity index (χ2n) is 5.65. The van der Waals surface area contributed by atoms with E-state index in [1.807, 2.05) is 49.4 Å². The van der Waals surface area contributed by atoms with Crippen LogP contribution in [0.4, 0.5) is 5.69 Å². The Morgan fingerprint density at radius 2 is 1.83 bits per heavy atom. The number of anilines is 1. The summed E-state index contributed by atoms with van der Waals surface area (Å²) in [7, 11) is 3.43. The van der Waals surface area contributed by atoms with Crippen molar-refractivity contribution in [2.45, 2.75) is 19.2 Å². The monoisotopic (exact) mass is 331 g/mol. The Balaban J connectivity index is 2.05. The summed E-state index contributed by atoms with van der Waals surface area (Å²) in [6, 6.07) is 15.6. The summed E-state index contributed by atoms with van der Waals surface area (Å²) >= 11 is 5.87. The smallest absolute Gasteiger partial charge is 0.229 e. The van der Waals surface area contributed by atoms with Gasteiger partial charge in [0, 0.05) is 24.5 Å². The molecular formula is C19H22ClNO2. The van der Waals surface area contributed by atoms with Gasteiger partial charge in [0.15, 0.2) is 0 Å². The number of rotatable bonds is 6. The maximum absolute atomic E-state index is 12.6. The molecule has 0 fully saturated rings. The number of hydrogen-bond donors (Lipinski definition) is 0. The fourth-order valence-electron chi connectivity index (χ4n) is 2.54. The van der Waals surface area contributed by atoms with E-state index in [9.17, 15) is 4.79 Å². The molecule has 4 heteroatoms. The van der Waals surface area contributed by atoms with Gasteiger partial charge in [-0.1, -0.05) is 31.2 Å². The molecule has 2 aromatic rings. The van der Waals surface area contributed by atoms with Gasteiger partial charge in [0.2, 0.25) is 5.91 Å². The minimum absolute atomic E-state index is 0.0893. The summed E-state index contributed by atoms with van der Waals surface area (Å²) in [5, 5.41) is 0. The first kappa shape index (κ1) is 17.4. The van der Waals surface area contributed by atoms with Crippen molar-refractivity contribution in [1.82, 2.24) is 0 Å². The van der Waals surface area contributed by atoms with Crippen LogP contribution >= 0.6 is 11.6 Å². The normalized spacial score (nSPS) is 11.8. The quantitative estimate of drug-likeness (QED) is 0.739. The molecule has 0 aromatic heterocycles. The van der Waals surface area contributed by atoms with E-state index in [0.29, 0.717) is 12.3 Å². The molecular weight excluding hydrogens is 310 g/mol. The number of carbonyl (C=O) groups is 1. The molecule has 0 saturated carbocycles. The first-order valence-electron chi connectivity index (χ1n) is 7.60. The lowest BCUT2D eigenvalue weighted by Gasteiger charge is -2.22. The van der Waals surface area contributed by atoms with Crippen LogP contribution in [0, 0.1) is 5.92 Å². The zero-order chi connectivity index (χ0) is 16.8. The minimum Gasteiger partial charge on any atom is -0.497 e. The van der Waals surface area contributed by atoms with Crippen molar-refractivity contribution in [3.05, 3.63) is 59.7 Å². The van der Waals surface area contributed by atoms with Crippen LogP contribution in [-0.4, -0.2) is 20.1 Å². The van der Waals surface area contributed by atoms with Crippen molar-refractivity contribution < 1.29 is 9.53 Å². The average Bonchev–Trinajstić information content (AvgIpc) is 2.60. The summed E-state index contributed by atoms with van der Waals surface area (Å²) in [5.41, 5.74) is 3.07. The molecule has 0 heterocycles. The number of benzene rings is 2. The maximum Gasteiger partial charge on any atom is 0.229 e. The number of alkyl halides is 1. The number of hydrogen-bond acceptors (Lipinski definition) is 2. The number of carbonyl (C=O) groups excluding carboxylic acids is 1. The Morgan fingerprint density at radius 3 is 2.43 bits per heavy atom. The number of halogens is 1. The molecule has 0 unspecified atom stereocenters. The van der Waals surface area contributed by atoms with Gasteiger partial charge >= 0.3 is 0 Å². The zero-order valence-electron chi connectivity index (χ0n) is 13.8. The summed E-state index contributed by atoms with van der Waals surface area (Å²) in [6.45, 7) is 1.95. The highest BCUT2D eigenvalue weighted by atomic mass is 35.5. The van der Waals surface area contributed by atoms with Gasteiger partial charge in [0.05, 0.1) is 7.11 Å². The lowest BCUT2D eigenvalue weighted by atomic mass is 9.98. The first-order valence-corrected chi connectivity index (χ1v) is 8.14. The summed E-state index contributed by atoms with van der Waals surface area (Å²) in [5.74, 6) is 1.25. The molecule has 0 spiro atoms. The van der Waals surface area contributed by atoms with Crippen LogP contribution in [0.25, 0.3) is 0 Å². The lowest BCUT2D eigenvalue weighted by molar-refractivity contribution is -0.121. The van der Waals surface area contributed by atoms with E-state index in [1.54, 1.807) is 19.1 Å².